The number of nitrogens with one attached hydrogen (secondary N) is 2. The van der Waals surface area contributed by atoms with Crippen LogP contribution in [0.4, 0.5) is 5.69 Å². The lowest BCUT2D eigenvalue weighted by Gasteiger charge is -2.32. The monoisotopic (exact) mass is 445 g/mol. The Labute approximate surface area is 182 Å². The number of sulfonamides is 1. The summed E-state index contributed by atoms with van der Waals surface area (Å²) in [6, 6.07) is 12.8. The van der Waals surface area contributed by atoms with E-state index in [1.165, 1.54) is 19.1 Å². The largest absolute Gasteiger partial charge is 0.494 e. The number of hydrogen-bond donors (Lipinski definition) is 2. The molecule has 0 aromatic heterocycles. The Morgan fingerprint density at radius 1 is 1.03 bits per heavy atom. The smallest absolute Gasteiger partial charge is 0.253 e. The molecular weight excluding hydrogens is 418 g/mol. The van der Waals surface area contributed by atoms with Gasteiger partial charge in [0.2, 0.25) is 15.9 Å². The molecule has 1 aliphatic rings. The van der Waals surface area contributed by atoms with E-state index >= 15 is 0 Å². The number of anilines is 1. The van der Waals surface area contributed by atoms with Gasteiger partial charge in [0.25, 0.3) is 5.91 Å². The lowest BCUT2D eigenvalue weighted by Crippen LogP contribution is -2.46. The molecule has 0 radical (unpaired) electrons. The highest BCUT2D eigenvalue weighted by molar-refractivity contribution is 7.89. The van der Waals surface area contributed by atoms with Gasteiger partial charge in [-0.05, 0) is 68.3 Å². The molecule has 8 nitrogen and oxygen atoms in total. The van der Waals surface area contributed by atoms with Gasteiger partial charge in [0, 0.05) is 37.3 Å². The predicted octanol–water partition coefficient (Wildman–Crippen LogP) is 2.63. The van der Waals surface area contributed by atoms with Gasteiger partial charge in [-0.1, -0.05) is 0 Å². The van der Waals surface area contributed by atoms with Crippen LogP contribution in [0.25, 0.3) is 0 Å². The van der Waals surface area contributed by atoms with Gasteiger partial charge >= 0.3 is 0 Å². The molecule has 31 heavy (non-hydrogen) atoms. The number of nitrogens with zero attached hydrogens (tertiary/aromatic N) is 1. The van der Waals surface area contributed by atoms with E-state index in [1.807, 2.05) is 6.92 Å². The molecule has 1 heterocycles. The van der Waals surface area contributed by atoms with Crippen LogP contribution in [0.2, 0.25) is 0 Å². The third-order valence-electron chi connectivity index (χ3n) is 5.00. The molecule has 0 bridgehead atoms. The predicted molar refractivity (Wildman–Crippen MR) is 118 cm³/mol. The number of ether oxygens (including phenoxy) is 1. The average molecular weight is 446 g/mol. The van der Waals surface area contributed by atoms with Gasteiger partial charge in [0.05, 0.1) is 11.5 Å². The highest BCUT2D eigenvalue weighted by Gasteiger charge is 2.27. The van der Waals surface area contributed by atoms with E-state index in [-0.39, 0.29) is 22.8 Å². The van der Waals surface area contributed by atoms with Gasteiger partial charge in [0.15, 0.2) is 0 Å². The summed E-state index contributed by atoms with van der Waals surface area (Å²) in [6.07, 6.45) is 1.07. The third kappa shape index (κ3) is 6.05. The number of benzene rings is 2. The summed E-state index contributed by atoms with van der Waals surface area (Å²) in [7, 11) is -3.69. The van der Waals surface area contributed by atoms with Crippen molar-refractivity contribution < 1.29 is 22.7 Å². The fourth-order valence-electron chi connectivity index (χ4n) is 3.45. The van der Waals surface area contributed by atoms with Crippen molar-refractivity contribution in [3.63, 3.8) is 0 Å². The number of piperidine rings is 1. The maximum Gasteiger partial charge on any atom is 0.253 e. The van der Waals surface area contributed by atoms with Crippen LogP contribution in [-0.4, -0.2) is 50.9 Å². The van der Waals surface area contributed by atoms with Crippen molar-refractivity contribution in [2.45, 2.75) is 37.6 Å². The Hall–Kier alpha value is -2.91. The van der Waals surface area contributed by atoms with E-state index in [0.29, 0.717) is 43.8 Å². The Balaban J connectivity index is 1.55. The van der Waals surface area contributed by atoms with Gasteiger partial charge in [-0.3, -0.25) is 9.59 Å². The van der Waals surface area contributed by atoms with Crippen molar-refractivity contribution in [1.29, 1.82) is 0 Å². The molecular formula is C22H27N3O5S. The highest BCUT2D eigenvalue weighted by atomic mass is 32.2. The average Bonchev–Trinajstić information content (AvgIpc) is 2.74. The van der Waals surface area contributed by atoms with Gasteiger partial charge in [-0.15, -0.1) is 0 Å². The first-order valence-electron chi connectivity index (χ1n) is 10.2. The van der Waals surface area contributed by atoms with Crippen LogP contribution in [-0.2, 0) is 14.8 Å². The topological polar surface area (TPSA) is 105 Å². The molecule has 166 valence electrons. The van der Waals surface area contributed by atoms with Crippen molar-refractivity contribution in [3.05, 3.63) is 54.1 Å². The van der Waals surface area contributed by atoms with Crippen LogP contribution in [0, 0.1) is 0 Å². The van der Waals surface area contributed by atoms with Crippen molar-refractivity contribution in [2.24, 2.45) is 0 Å². The van der Waals surface area contributed by atoms with Crippen LogP contribution >= 0.6 is 0 Å². The van der Waals surface area contributed by atoms with Gasteiger partial charge in [-0.2, -0.15) is 0 Å². The minimum atomic E-state index is -3.69. The molecule has 0 spiro atoms. The molecule has 2 N–H and O–H groups in total. The van der Waals surface area contributed by atoms with Crippen LogP contribution in [0.3, 0.4) is 0 Å². The van der Waals surface area contributed by atoms with Crippen LogP contribution in [0.1, 0.15) is 37.0 Å². The molecule has 0 unspecified atom stereocenters. The normalized spacial score (nSPS) is 14.8. The number of hydrogen-bond acceptors (Lipinski definition) is 5. The number of likely N-dealkylation sites (tertiary alicyclic amines) is 1. The van der Waals surface area contributed by atoms with Crippen molar-refractivity contribution >= 4 is 27.5 Å². The molecule has 0 aliphatic carbocycles. The summed E-state index contributed by atoms with van der Waals surface area (Å²) < 4.78 is 33.5. The fourth-order valence-corrected chi connectivity index (χ4v) is 4.76. The second-order valence-electron chi connectivity index (χ2n) is 7.35. The summed E-state index contributed by atoms with van der Waals surface area (Å²) in [5, 5.41) is 2.60. The standard InChI is InChI=1S/C22H27N3O5S/c1-3-30-20-8-4-17(5-9-20)22(27)25-14-12-19(13-15-25)24-31(28,29)21-10-6-18(7-11-21)23-16(2)26/h4-11,19,24H,3,12-15H2,1-2H3,(H,23,26). The maximum atomic E-state index is 12.7. The van der Waals surface area contributed by atoms with Crippen molar-refractivity contribution in [2.75, 3.05) is 25.0 Å². The molecule has 2 amide bonds. The van der Waals surface area contributed by atoms with Crippen LogP contribution in [0.15, 0.2) is 53.4 Å². The summed E-state index contributed by atoms with van der Waals surface area (Å²) in [5.74, 6) is 0.426. The van der Waals surface area contributed by atoms with Crippen molar-refractivity contribution in [1.82, 2.24) is 9.62 Å². The van der Waals surface area contributed by atoms with Crippen LogP contribution in [0.5, 0.6) is 5.75 Å². The summed E-state index contributed by atoms with van der Waals surface area (Å²) in [6.45, 7) is 4.80. The molecule has 0 atom stereocenters. The minimum Gasteiger partial charge on any atom is -0.494 e. The number of carbonyl (C=O) groups is 2. The summed E-state index contributed by atoms with van der Waals surface area (Å²) >= 11 is 0. The third-order valence-corrected chi connectivity index (χ3v) is 6.54. The van der Waals surface area contributed by atoms with E-state index < -0.39 is 10.0 Å². The van der Waals surface area contributed by atoms with E-state index in [2.05, 4.69) is 10.0 Å². The Bertz CT molecular complexity index is 1010. The molecule has 1 saturated heterocycles. The first-order chi connectivity index (χ1) is 14.8. The van der Waals surface area contributed by atoms with Gasteiger partial charge < -0.3 is 15.0 Å². The van der Waals surface area contributed by atoms with Crippen LogP contribution < -0.4 is 14.8 Å². The molecule has 1 aliphatic heterocycles. The molecule has 0 saturated carbocycles. The molecule has 2 aromatic rings. The zero-order chi connectivity index (χ0) is 22.4. The summed E-state index contributed by atoms with van der Waals surface area (Å²) in [5.41, 5.74) is 1.12. The molecule has 2 aromatic carbocycles. The van der Waals surface area contributed by atoms with Crippen molar-refractivity contribution in [3.8, 4) is 5.75 Å². The number of rotatable bonds is 7. The first kappa shape index (κ1) is 22.8. The zero-order valence-corrected chi connectivity index (χ0v) is 18.4. The SMILES string of the molecule is CCOc1ccc(C(=O)N2CCC(NS(=O)(=O)c3ccc(NC(C)=O)cc3)CC2)cc1. The lowest BCUT2D eigenvalue weighted by molar-refractivity contribution is -0.114. The highest BCUT2D eigenvalue weighted by Crippen LogP contribution is 2.20. The Morgan fingerprint density at radius 2 is 1.65 bits per heavy atom. The summed E-state index contributed by atoms with van der Waals surface area (Å²) in [4.78, 5) is 25.7. The quantitative estimate of drug-likeness (QED) is 0.682. The van der Waals surface area contributed by atoms with Gasteiger partial charge in [0.1, 0.15) is 5.75 Å². The number of carbonyl (C=O) groups excluding carboxylic acids is 2. The maximum absolute atomic E-state index is 12.7. The van der Waals surface area contributed by atoms with E-state index in [4.69, 9.17) is 4.74 Å². The lowest BCUT2D eigenvalue weighted by atomic mass is 10.0. The zero-order valence-electron chi connectivity index (χ0n) is 17.6. The Kier molecular flexibility index (Phi) is 7.29. The second kappa shape index (κ2) is 9.93. The molecule has 1 fully saturated rings. The molecule has 9 heteroatoms. The second-order valence-corrected chi connectivity index (χ2v) is 9.06. The minimum absolute atomic E-state index is 0.0714. The van der Waals surface area contributed by atoms with E-state index in [0.717, 1.165) is 5.75 Å². The Morgan fingerprint density at radius 3 is 2.19 bits per heavy atom. The van der Waals surface area contributed by atoms with Gasteiger partial charge in [-0.25, -0.2) is 13.1 Å². The molecule has 3 rings (SSSR count). The number of amides is 2. The van der Waals surface area contributed by atoms with E-state index in [1.54, 1.807) is 41.3 Å². The van der Waals surface area contributed by atoms with E-state index in [9.17, 15) is 18.0 Å². The first-order valence-corrected chi connectivity index (χ1v) is 11.7. The fraction of sp³-hybridized carbons (Fsp3) is 0.364.